The lowest BCUT2D eigenvalue weighted by molar-refractivity contribution is -0.130. The van der Waals surface area contributed by atoms with Gasteiger partial charge in [-0.2, -0.15) is 0 Å². The Morgan fingerprint density at radius 3 is 2.58 bits per heavy atom. The van der Waals surface area contributed by atoms with Crippen molar-refractivity contribution in [2.45, 2.75) is 33.7 Å². The molecule has 0 saturated carbocycles. The van der Waals surface area contributed by atoms with Gasteiger partial charge in [-0.1, -0.05) is 36.4 Å². The highest BCUT2D eigenvalue weighted by Gasteiger charge is 2.18. The summed E-state index contributed by atoms with van der Waals surface area (Å²) >= 11 is 0. The van der Waals surface area contributed by atoms with Crippen LogP contribution < -0.4 is 0 Å². The zero-order valence-electron chi connectivity index (χ0n) is 14.5. The number of pyridine rings is 1. The third kappa shape index (κ3) is 3.18. The summed E-state index contributed by atoms with van der Waals surface area (Å²) in [7, 11) is 0. The Morgan fingerprint density at radius 1 is 1.12 bits per heavy atom. The van der Waals surface area contributed by atoms with Crippen molar-refractivity contribution in [3.05, 3.63) is 71.2 Å². The molecular weight excluding hydrogens is 298 g/mol. The number of carbonyl (C=O) groups excluding carboxylic acids is 1. The number of imidazole rings is 1. The summed E-state index contributed by atoms with van der Waals surface area (Å²) in [4.78, 5) is 19.3. The van der Waals surface area contributed by atoms with Crippen molar-refractivity contribution in [1.29, 1.82) is 0 Å². The first kappa shape index (κ1) is 16.2. The predicted octanol–water partition coefficient (Wildman–Crippen LogP) is 3.54. The van der Waals surface area contributed by atoms with Gasteiger partial charge in [-0.3, -0.25) is 4.79 Å². The fourth-order valence-corrected chi connectivity index (χ4v) is 3.01. The summed E-state index contributed by atoms with van der Waals surface area (Å²) < 4.78 is 2.04. The molecule has 1 aromatic carbocycles. The van der Waals surface area contributed by atoms with Crippen molar-refractivity contribution >= 4 is 11.6 Å². The summed E-state index contributed by atoms with van der Waals surface area (Å²) in [6.07, 6.45) is 2.36. The molecule has 0 bridgehead atoms. The molecule has 4 nitrogen and oxygen atoms in total. The maximum absolute atomic E-state index is 12.8. The smallest absolute Gasteiger partial charge is 0.228 e. The first-order valence-electron chi connectivity index (χ1n) is 8.35. The van der Waals surface area contributed by atoms with Crippen molar-refractivity contribution in [3.8, 4) is 0 Å². The van der Waals surface area contributed by atoms with Crippen molar-refractivity contribution < 1.29 is 4.79 Å². The van der Waals surface area contributed by atoms with Gasteiger partial charge >= 0.3 is 0 Å². The molecule has 0 aliphatic carbocycles. The topological polar surface area (TPSA) is 37.6 Å². The molecule has 3 rings (SSSR count). The number of aryl methyl sites for hydroxylation is 2. The normalized spacial score (nSPS) is 11.0. The second-order valence-corrected chi connectivity index (χ2v) is 6.10. The lowest BCUT2D eigenvalue weighted by Gasteiger charge is -2.21. The van der Waals surface area contributed by atoms with Gasteiger partial charge < -0.3 is 9.30 Å². The summed E-state index contributed by atoms with van der Waals surface area (Å²) in [6, 6.07) is 14.2. The van der Waals surface area contributed by atoms with Crippen LogP contribution in [0.25, 0.3) is 5.65 Å². The fraction of sp³-hybridized carbons (Fsp3) is 0.300. The lowest BCUT2D eigenvalue weighted by Crippen LogP contribution is -2.32. The van der Waals surface area contributed by atoms with Gasteiger partial charge in [0.1, 0.15) is 5.65 Å². The molecule has 4 heteroatoms. The van der Waals surface area contributed by atoms with E-state index >= 15 is 0 Å². The van der Waals surface area contributed by atoms with Gasteiger partial charge in [0.2, 0.25) is 5.91 Å². The molecule has 2 heterocycles. The van der Waals surface area contributed by atoms with E-state index in [0.29, 0.717) is 19.5 Å². The standard InChI is InChI=1S/C20H23N3O/c1-4-22(14-17-10-6-5-7-11-17)19(24)13-18-16(3)21-20-15(2)9-8-12-23(18)20/h5-12H,4,13-14H2,1-3H3. The molecule has 3 aromatic rings. The minimum Gasteiger partial charge on any atom is -0.338 e. The van der Waals surface area contributed by atoms with Gasteiger partial charge in [0.15, 0.2) is 0 Å². The minimum atomic E-state index is 0.132. The molecule has 124 valence electrons. The minimum absolute atomic E-state index is 0.132. The molecular formula is C20H23N3O. The van der Waals surface area contributed by atoms with E-state index in [9.17, 15) is 4.79 Å². The second kappa shape index (κ2) is 6.87. The molecule has 0 fully saturated rings. The number of fused-ring (bicyclic) bond motifs is 1. The number of hydrogen-bond donors (Lipinski definition) is 0. The summed E-state index contributed by atoms with van der Waals surface area (Å²) in [5, 5.41) is 0. The third-order valence-corrected chi connectivity index (χ3v) is 4.41. The van der Waals surface area contributed by atoms with Gasteiger partial charge in [-0.25, -0.2) is 4.98 Å². The second-order valence-electron chi connectivity index (χ2n) is 6.10. The largest absolute Gasteiger partial charge is 0.338 e. The van der Waals surface area contributed by atoms with Gasteiger partial charge in [0, 0.05) is 19.3 Å². The average Bonchev–Trinajstić information content (AvgIpc) is 2.91. The molecule has 24 heavy (non-hydrogen) atoms. The van der Waals surface area contributed by atoms with Crippen LogP contribution in [0.2, 0.25) is 0 Å². The van der Waals surface area contributed by atoms with Crippen LogP contribution in [0.5, 0.6) is 0 Å². The van der Waals surface area contributed by atoms with Crippen LogP contribution in [0.4, 0.5) is 0 Å². The van der Waals surface area contributed by atoms with Gasteiger partial charge in [0.25, 0.3) is 0 Å². The molecule has 0 saturated heterocycles. The molecule has 0 spiro atoms. The van der Waals surface area contributed by atoms with E-state index < -0.39 is 0 Å². The van der Waals surface area contributed by atoms with Gasteiger partial charge in [0.05, 0.1) is 17.8 Å². The number of likely N-dealkylation sites (N-methyl/N-ethyl adjacent to an activating group) is 1. The zero-order chi connectivity index (χ0) is 17.1. The Morgan fingerprint density at radius 2 is 1.88 bits per heavy atom. The number of rotatable bonds is 5. The third-order valence-electron chi connectivity index (χ3n) is 4.41. The van der Waals surface area contributed by atoms with Crippen LogP contribution in [0, 0.1) is 13.8 Å². The quantitative estimate of drug-likeness (QED) is 0.721. The predicted molar refractivity (Wildman–Crippen MR) is 95.9 cm³/mol. The summed E-state index contributed by atoms with van der Waals surface area (Å²) in [6.45, 7) is 7.38. The van der Waals surface area contributed by atoms with Crippen LogP contribution in [0.3, 0.4) is 0 Å². The number of carbonyl (C=O) groups is 1. The highest BCUT2D eigenvalue weighted by molar-refractivity contribution is 5.79. The Hall–Kier alpha value is -2.62. The molecule has 0 aliphatic rings. The number of aromatic nitrogens is 2. The molecule has 2 aromatic heterocycles. The van der Waals surface area contributed by atoms with Crippen molar-refractivity contribution in [2.24, 2.45) is 0 Å². The Balaban J connectivity index is 1.83. The highest BCUT2D eigenvalue weighted by atomic mass is 16.2. The van der Waals surface area contributed by atoms with Crippen molar-refractivity contribution in [2.75, 3.05) is 6.54 Å². The maximum Gasteiger partial charge on any atom is 0.228 e. The first-order chi connectivity index (χ1) is 11.6. The zero-order valence-corrected chi connectivity index (χ0v) is 14.5. The molecule has 0 radical (unpaired) electrons. The Kier molecular flexibility index (Phi) is 4.65. The number of amides is 1. The Labute approximate surface area is 142 Å². The first-order valence-corrected chi connectivity index (χ1v) is 8.35. The van der Waals surface area contributed by atoms with Crippen LogP contribution in [0.15, 0.2) is 48.7 Å². The molecule has 0 N–H and O–H groups in total. The molecule has 0 atom stereocenters. The van der Waals surface area contributed by atoms with E-state index in [1.807, 2.05) is 66.6 Å². The van der Waals surface area contributed by atoms with E-state index in [-0.39, 0.29) is 5.91 Å². The fourth-order valence-electron chi connectivity index (χ4n) is 3.01. The summed E-state index contributed by atoms with van der Waals surface area (Å²) in [5.41, 5.74) is 5.11. The molecule has 0 aliphatic heterocycles. The van der Waals surface area contributed by atoms with E-state index in [2.05, 4.69) is 17.1 Å². The maximum atomic E-state index is 12.8. The summed E-state index contributed by atoms with van der Waals surface area (Å²) in [5.74, 6) is 0.132. The van der Waals surface area contributed by atoms with Gasteiger partial charge in [-0.15, -0.1) is 0 Å². The monoisotopic (exact) mass is 321 g/mol. The SMILES string of the molecule is CCN(Cc1ccccc1)C(=O)Cc1c(C)nc2c(C)cccn12. The van der Waals surface area contributed by atoms with E-state index in [1.165, 1.54) is 0 Å². The number of benzene rings is 1. The van der Waals surface area contributed by atoms with Crippen molar-refractivity contribution in [3.63, 3.8) is 0 Å². The highest BCUT2D eigenvalue weighted by Crippen LogP contribution is 2.17. The van der Waals surface area contributed by atoms with Crippen LogP contribution >= 0.6 is 0 Å². The Bertz CT molecular complexity index is 852. The number of hydrogen-bond acceptors (Lipinski definition) is 2. The molecule has 1 amide bonds. The van der Waals surface area contributed by atoms with Crippen LogP contribution in [0.1, 0.15) is 29.4 Å². The van der Waals surface area contributed by atoms with E-state index in [4.69, 9.17) is 0 Å². The van der Waals surface area contributed by atoms with Crippen molar-refractivity contribution in [1.82, 2.24) is 14.3 Å². The lowest BCUT2D eigenvalue weighted by atomic mass is 10.2. The van der Waals surface area contributed by atoms with Gasteiger partial charge in [-0.05, 0) is 38.0 Å². The molecule has 0 unspecified atom stereocenters. The average molecular weight is 321 g/mol. The van der Waals surface area contributed by atoms with Crippen LogP contribution in [-0.4, -0.2) is 26.7 Å². The van der Waals surface area contributed by atoms with E-state index in [1.54, 1.807) is 0 Å². The number of nitrogens with zero attached hydrogens (tertiary/aromatic N) is 3. The van der Waals surface area contributed by atoms with E-state index in [0.717, 1.165) is 28.2 Å². The van der Waals surface area contributed by atoms with Crippen LogP contribution in [-0.2, 0) is 17.8 Å².